The molecule has 0 amide bonds. The Hall–Kier alpha value is -2.12. The van der Waals surface area contributed by atoms with E-state index < -0.39 is 10.9 Å². The van der Waals surface area contributed by atoms with E-state index in [0.717, 1.165) is 10.9 Å². The van der Waals surface area contributed by atoms with Crippen LogP contribution in [0.1, 0.15) is 15.2 Å². The molecule has 0 spiro atoms. The number of hydrogen-bond acceptors (Lipinski definition) is 5. The third-order valence-electron chi connectivity index (χ3n) is 2.85. The first kappa shape index (κ1) is 15.3. The Morgan fingerprint density at radius 2 is 2.14 bits per heavy atom. The maximum atomic E-state index is 11.1. The van der Waals surface area contributed by atoms with Crippen molar-refractivity contribution < 1.29 is 14.8 Å². The van der Waals surface area contributed by atoms with Crippen LogP contribution in [-0.2, 0) is 6.54 Å². The fourth-order valence-electron chi connectivity index (χ4n) is 1.88. The van der Waals surface area contributed by atoms with Crippen LogP contribution in [0.15, 0.2) is 30.3 Å². The quantitative estimate of drug-likeness (QED) is 0.669. The van der Waals surface area contributed by atoms with E-state index in [1.165, 1.54) is 23.5 Å². The lowest BCUT2D eigenvalue weighted by Gasteiger charge is -2.18. The van der Waals surface area contributed by atoms with Crippen LogP contribution in [0, 0.1) is 10.1 Å². The number of nitrogens with zero attached hydrogens (tertiary/aromatic N) is 2. The Bertz CT molecular complexity index is 701. The fourth-order valence-corrected chi connectivity index (χ4v) is 3.02. The van der Waals surface area contributed by atoms with E-state index in [-0.39, 0.29) is 11.3 Å². The Morgan fingerprint density at radius 1 is 1.43 bits per heavy atom. The number of nitro groups is 1. The van der Waals surface area contributed by atoms with Gasteiger partial charge in [-0.15, -0.1) is 11.3 Å². The minimum Gasteiger partial charge on any atom is -0.478 e. The number of carboxylic acids is 1. The molecule has 0 atom stereocenters. The van der Waals surface area contributed by atoms with Gasteiger partial charge in [-0.1, -0.05) is 11.6 Å². The van der Waals surface area contributed by atoms with Gasteiger partial charge < -0.3 is 10.0 Å². The highest BCUT2D eigenvalue weighted by atomic mass is 35.5. The molecular weight excluding hydrogens is 316 g/mol. The molecule has 1 aromatic heterocycles. The molecule has 2 aromatic rings. The van der Waals surface area contributed by atoms with Crippen LogP contribution in [-0.4, -0.2) is 23.0 Å². The van der Waals surface area contributed by atoms with Gasteiger partial charge in [0.25, 0.3) is 5.69 Å². The standard InChI is InChI=1S/C13H11ClN2O4S/c1-15(7-9-3-5-12(14)21-9)10-4-2-8(13(17)18)6-11(10)16(19)20/h2-6H,7H2,1H3,(H,17,18). The van der Waals surface area contributed by atoms with Crippen molar-refractivity contribution in [1.82, 2.24) is 0 Å². The number of rotatable bonds is 5. The molecule has 0 aliphatic carbocycles. The van der Waals surface area contributed by atoms with Crippen LogP contribution >= 0.6 is 22.9 Å². The Labute approximate surface area is 129 Å². The molecule has 0 fully saturated rings. The predicted octanol–water partition coefficient (Wildman–Crippen LogP) is 3.64. The van der Waals surface area contributed by atoms with Gasteiger partial charge in [0.05, 0.1) is 21.4 Å². The molecule has 1 heterocycles. The van der Waals surface area contributed by atoms with E-state index in [0.29, 0.717) is 16.6 Å². The molecule has 0 aliphatic rings. The van der Waals surface area contributed by atoms with Gasteiger partial charge in [-0.2, -0.15) is 0 Å². The Morgan fingerprint density at radius 3 is 2.67 bits per heavy atom. The van der Waals surface area contributed by atoms with Crippen LogP contribution in [0.5, 0.6) is 0 Å². The lowest BCUT2D eigenvalue weighted by Crippen LogP contribution is -2.17. The molecule has 8 heteroatoms. The fraction of sp³-hybridized carbons (Fsp3) is 0.154. The molecular formula is C13H11ClN2O4S. The van der Waals surface area contributed by atoms with E-state index in [4.69, 9.17) is 16.7 Å². The van der Waals surface area contributed by atoms with Gasteiger partial charge in [0.15, 0.2) is 0 Å². The van der Waals surface area contributed by atoms with E-state index in [2.05, 4.69) is 0 Å². The number of nitro benzene ring substituents is 1. The van der Waals surface area contributed by atoms with E-state index in [1.54, 1.807) is 18.0 Å². The van der Waals surface area contributed by atoms with Crippen molar-refractivity contribution in [3.05, 3.63) is 55.2 Å². The topological polar surface area (TPSA) is 83.7 Å². The largest absolute Gasteiger partial charge is 0.478 e. The van der Waals surface area contributed by atoms with Gasteiger partial charge in [0.1, 0.15) is 5.69 Å². The van der Waals surface area contributed by atoms with Crippen LogP contribution < -0.4 is 4.90 Å². The zero-order chi connectivity index (χ0) is 15.6. The second-order valence-corrected chi connectivity index (χ2v) is 6.13. The number of anilines is 1. The second kappa shape index (κ2) is 6.11. The summed E-state index contributed by atoms with van der Waals surface area (Å²) >= 11 is 7.25. The number of halogens is 1. The summed E-state index contributed by atoms with van der Waals surface area (Å²) in [5.41, 5.74) is 0.00703. The summed E-state index contributed by atoms with van der Waals surface area (Å²) in [5.74, 6) is -1.20. The molecule has 2 rings (SSSR count). The molecule has 0 bridgehead atoms. The molecule has 1 N–H and O–H groups in total. The number of carbonyl (C=O) groups is 1. The maximum Gasteiger partial charge on any atom is 0.335 e. The summed E-state index contributed by atoms with van der Waals surface area (Å²) in [4.78, 5) is 24.1. The summed E-state index contributed by atoms with van der Waals surface area (Å²) in [6, 6.07) is 7.47. The average molecular weight is 327 g/mol. The number of benzene rings is 1. The lowest BCUT2D eigenvalue weighted by atomic mass is 10.1. The molecule has 0 radical (unpaired) electrons. The van der Waals surface area contributed by atoms with Crippen LogP contribution in [0.4, 0.5) is 11.4 Å². The first-order valence-electron chi connectivity index (χ1n) is 5.85. The van der Waals surface area contributed by atoms with Gasteiger partial charge in [0.2, 0.25) is 0 Å². The number of carboxylic acid groups (broad SMARTS) is 1. The molecule has 0 unspecified atom stereocenters. The first-order chi connectivity index (χ1) is 9.88. The average Bonchev–Trinajstić information content (AvgIpc) is 2.83. The molecule has 0 saturated carbocycles. The smallest absolute Gasteiger partial charge is 0.335 e. The molecule has 110 valence electrons. The molecule has 6 nitrogen and oxygen atoms in total. The summed E-state index contributed by atoms with van der Waals surface area (Å²) in [6.45, 7) is 0.449. The van der Waals surface area contributed by atoms with Crippen molar-refractivity contribution in [3.63, 3.8) is 0 Å². The number of aromatic carboxylic acids is 1. The molecule has 1 aromatic carbocycles. The van der Waals surface area contributed by atoms with Gasteiger partial charge in [-0.05, 0) is 24.3 Å². The number of thiophene rings is 1. The van der Waals surface area contributed by atoms with Crippen LogP contribution in [0.25, 0.3) is 0 Å². The van der Waals surface area contributed by atoms with Gasteiger partial charge in [-0.3, -0.25) is 10.1 Å². The van der Waals surface area contributed by atoms with Crippen LogP contribution in [0.3, 0.4) is 0 Å². The zero-order valence-electron chi connectivity index (χ0n) is 10.9. The predicted molar refractivity (Wildman–Crippen MR) is 81.5 cm³/mol. The van der Waals surface area contributed by atoms with Crippen molar-refractivity contribution in [2.24, 2.45) is 0 Å². The summed E-state index contributed by atoms with van der Waals surface area (Å²) in [5, 5.41) is 20.0. The van der Waals surface area contributed by atoms with Gasteiger partial charge >= 0.3 is 5.97 Å². The van der Waals surface area contributed by atoms with Crippen molar-refractivity contribution in [3.8, 4) is 0 Å². The highest BCUT2D eigenvalue weighted by Crippen LogP contribution is 2.31. The Kier molecular flexibility index (Phi) is 4.44. The minimum absolute atomic E-state index is 0.113. The normalized spacial score (nSPS) is 10.4. The Balaban J connectivity index is 2.33. The third kappa shape index (κ3) is 3.50. The van der Waals surface area contributed by atoms with Crippen molar-refractivity contribution >= 4 is 40.3 Å². The SMILES string of the molecule is CN(Cc1ccc(Cl)s1)c1ccc(C(=O)O)cc1[N+](=O)[O-]. The maximum absolute atomic E-state index is 11.1. The first-order valence-corrected chi connectivity index (χ1v) is 7.05. The highest BCUT2D eigenvalue weighted by molar-refractivity contribution is 7.16. The number of hydrogen-bond donors (Lipinski definition) is 1. The summed E-state index contributed by atoms with van der Waals surface area (Å²) < 4.78 is 0.647. The highest BCUT2D eigenvalue weighted by Gasteiger charge is 2.20. The van der Waals surface area contributed by atoms with E-state index in [1.807, 2.05) is 6.07 Å². The molecule has 21 heavy (non-hydrogen) atoms. The third-order valence-corrected chi connectivity index (χ3v) is 4.07. The molecule has 0 saturated heterocycles. The van der Waals surface area contributed by atoms with Crippen LogP contribution in [0.2, 0.25) is 4.34 Å². The molecule has 0 aliphatic heterocycles. The minimum atomic E-state index is -1.20. The van der Waals surface area contributed by atoms with Crippen molar-refractivity contribution in [1.29, 1.82) is 0 Å². The lowest BCUT2D eigenvalue weighted by molar-refractivity contribution is -0.384. The van der Waals surface area contributed by atoms with Gasteiger partial charge in [-0.25, -0.2) is 4.79 Å². The zero-order valence-corrected chi connectivity index (χ0v) is 12.5. The summed E-state index contributed by atoms with van der Waals surface area (Å²) in [6.07, 6.45) is 0. The van der Waals surface area contributed by atoms with Crippen molar-refractivity contribution in [2.45, 2.75) is 6.54 Å². The second-order valence-electron chi connectivity index (χ2n) is 4.33. The van der Waals surface area contributed by atoms with E-state index in [9.17, 15) is 14.9 Å². The van der Waals surface area contributed by atoms with Gasteiger partial charge in [0, 0.05) is 18.0 Å². The van der Waals surface area contributed by atoms with Crippen molar-refractivity contribution in [2.75, 3.05) is 11.9 Å². The monoisotopic (exact) mass is 326 g/mol. The summed E-state index contributed by atoms with van der Waals surface area (Å²) in [7, 11) is 1.70. The van der Waals surface area contributed by atoms with E-state index >= 15 is 0 Å².